The van der Waals surface area contributed by atoms with Crippen molar-refractivity contribution in [1.82, 2.24) is 4.98 Å². The number of hydrogen-bond donors (Lipinski definition) is 1. The number of carboxylic acid groups (broad SMARTS) is 1. The van der Waals surface area contributed by atoms with E-state index in [1.807, 2.05) is 0 Å². The number of halogens is 1. The molecule has 1 unspecified atom stereocenters. The van der Waals surface area contributed by atoms with E-state index in [1.54, 1.807) is 0 Å². The van der Waals surface area contributed by atoms with Crippen LogP contribution in [0.1, 0.15) is 16.9 Å². The van der Waals surface area contributed by atoms with Gasteiger partial charge in [0.15, 0.2) is 5.69 Å². The molecule has 3 rings (SSSR count). The fourth-order valence-corrected chi connectivity index (χ4v) is 2.21. The summed E-state index contributed by atoms with van der Waals surface area (Å²) in [5.74, 6) is -1.00. The highest BCUT2D eigenvalue weighted by Gasteiger charge is 2.20. The number of hydrogen-bond acceptors (Lipinski definition) is 5. The zero-order chi connectivity index (χ0) is 15.5. The molecule has 0 radical (unpaired) electrons. The standard InChI is InChI=1S/C15H14FNO5/c16-10-1-2-13(21-7-9-3-4-20-6-9)11(5-10)14-17-12(8-22-14)15(18)19/h1-2,5,8-9H,3-4,6-7H2,(H,18,19). The number of nitrogens with zero attached hydrogens (tertiary/aromatic N) is 1. The Kier molecular flexibility index (Phi) is 4.06. The Morgan fingerprint density at radius 2 is 2.36 bits per heavy atom. The molecule has 0 aliphatic carbocycles. The molecule has 2 heterocycles. The van der Waals surface area contributed by atoms with Crippen molar-refractivity contribution in [2.24, 2.45) is 5.92 Å². The third kappa shape index (κ3) is 3.09. The van der Waals surface area contributed by atoms with Gasteiger partial charge < -0.3 is 19.0 Å². The van der Waals surface area contributed by atoms with Gasteiger partial charge in [0.05, 0.1) is 18.8 Å². The molecular weight excluding hydrogens is 293 g/mol. The number of aromatic carboxylic acids is 1. The van der Waals surface area contributed by atoms with Gasteiger partial charge in [-0.3, -0.25) is 0 Å². The second kappa shape index (κ2) is 6.15. The summed E-state index contributed by atoms with van der Waals surface area (Å²) in [4.78, 5) is 14.7. The molecule has 1 saturated heterocycles. The summed E-state index contributed by atoms with van der Waals surface area (Å²) in [7, 11) is 0. The minimum atomic E-state index is -1.21. The second-order valence-electron chi connectivity index (χ2n) is 5.02. The van der Waals surface area contributed by atoms with Crippen LogP contribution in [-0.4, -0.2) is 35.9 Å². The van der Waals surface area contributed by atoms with Crippen molar-refractivity contribution in [3.05, 3.63) is 36.0 Å². The predicted molar refractivity (Wildman–Crippen MR) is 73.3 cm³/mol. The molecule has 116 valence electrons. The molecule has 22 heavy (non-hydrogen) atoms. The molecule has 1 aromatic heterocycles. The Labute approximate surface area is 125 Å². The lowest BCUT2D eigenvalue weighted by molar-refractivity contribution is 0.0690. The number of aromatic nitrogens is 1. The van der Waals surface area contributed by atoms with E-state index in [-0.39, 0.29) is 23.1 Å². The molecular formula is C15H14FNO5. The van der Waals surface area contributed by atoms with Crippen molar-refractivity contribution in [2.75, 3.05) is 19.8 Å². The minimum Gasteiger partial charge on any atom is -0.492 e. The molecule has 0 spiro atoms. The molecule has 1 aliphatic rings. The average molecular weight is 307 g/mol. The van der Waals surface area contributed by atoms with Crippen molar-refractivity contribution in [3.63, 3.8) is 0 Å². The summed E-state index contributed by atoms with van der Waals surface area (Å²) < 4.78 is 29.6. The van der Waals surface area contributed by atoms with E-state index in [2.05, 4.69) is 4.98 Å². The molecule has 7 heteroatoms. The van der Waals surface area contributed by atoms with Crippen LogP contribution in [0.2, 0.25) is 0 Å². The minimum absolute atomic E-state index is 0.00886. The third-order valence-corrected chi connectivity index (χ3v) is 3.39. The van der Waals surface area contributed by atoms with E-state index in [9.17, 15) is 9.18 Å². The summed E-state index contributed by atoms with van der Waals surface area (Å²) in [6.45, 7) is 1.79. The maximum atomic E-state index is 13.5. The lowest BCUT2D eigenvalue weighted by Crippen LogP contribution is -2.12. The highest BCUT2D eigenvalue weighted by molar-refractivity contribution is 5.85. The molecule has 2 aromatic rings. The largest absolute Gasteiger partial charge is 0.492 e. The Balaban J connectivity index is 1.84. The maximum Gasteiger partial charge on any atom is 0.357 e. The summed E-state index contributed by atoms with van der Waals surface area (Å²) >= 11 is 0. The molecule has 1 N–H and O–H groups in total. The zero-order valence-corrected chi connectivity index (χ0v) is 11.6. The van der Waals surface area contributed by atoms with Gasteiger partial charge in [0.25, 0.3) is 0 Å². The number of benzene rings is 1. The topological polar surface area (TPSA) is 81.8 Å². The lowest BCUT2D eigenvalue weighted by Gasteiger charge is -2.12. The molecule has 1 aromatic carbocycles. The highest BCUT2D eigenvalue weighted by Crippen LogP contribution is 2.31. The number of rotatable bonds is 5. The van der Waals surface area contributed by atoms with Gasteiger partial charge in [0.1, 0.15) is 17.8 Å². The van der Waals surface area contributed by atoms with Gasteiger partial charge >= 0.3 is 5.97 Å². The van der Waals surface area contributed by atoms with E-state index < -0.39 is 11.8 Å². The van der Waals surface area contributed by atoms with Crippen LogP contribution in [0.3, 0.4) is 0 Å². The van der Waals surface area contributed by atoms with Crippen molar-refractivity contribution >= 4 is 5.97 Å². The summed E-state index contributed by atoms with van der Waals surface area (Å²) in [5.41, 5.74) is 0.0424. The third-order valence-electron chi connectivity index (χ3n) is 3.39. The van der Waals surface area contributed by atoms with Crippen LogP contribution in [0, 0.1) is 11.7 Å². The fourth-order valence-electron chi connectivity index (χ4n) is 2.21. The number of ether oxygens (including phenoxy) is 2. The number of oxazole rings is 1. The SMILES string of the molecule is O=C(O)c1coc(-c2cc(F)ccc2OCC2CCOC2)n1. The number of carboxylic acids is 1. The van der Waals surface area contributed by atoms with E-state index in [1.165, 1.54) is 18.2 Å². The van der Waals surface area contributed by atoms with Crippen LogP contribution < -0.4 is 4.74 Å². The monoisotopic (exact) mass is 307 g/mol. The number of carbonyl (C=O) groups is 1. The molecule has 0 amide bonds. The van der Waals surface area contributed by atoms with Gasteiger partial charge in [0.2, 0.25) is 5.89 Å². The Hall–Kier alpha value is -2.41. The van der Waals surface area contributed by atoms with Gasteiger partial charge in [-0.1, -0.05) is 0 Å². The van der Waals surface area contributed by atoms with Crippen LogP contribution in [0.25, 0.3) is 11.5 Å². The van der Waals surface area contributed by atoms with Crippen LogP contribution in [0.15, 0.2) is 28.9 Å². The second-order valence-corrected chi connectivity index (χ2v) is 5.02. The van der Waals surface area contributed by atoms with Gasteiger partial charge in [-0.05, 0) is 24.6 Å². The first-order valence-corrected chi connectivity index (χ1v) is 6.83. The van der Waals surface area contributed by atoms with Crippen molar-refractivity contribution in [3.8, 4) is 17.2 Å². The van der Waals surface area contributed by atoms with Crippen molar-refractivity contribution in [1.29, 1.82) is 0 Å². The first-order chi connectivity index (χ1) is 10.6. The predicted octanol–water partition coefficient (Wildman–Crippen LogP) is 2.59. The van der Waals surface area contributed by atoms with E-state index in [4.69, 9.17) is 19.0 Å². The van der Waals surface area contributed by atoms with Gasteiger partial charge in [-0.15, -0.1) is 0 Å². The van der Waals surface area contributed by atoms with Gasteiger partial charge in [0, 0.05) is 12.5 Å². The maximum absolute atomic E-state index is 13.5. The Bertz CT molecular complexity index is 678. The molecule has 1 aliphatic heterocycles. The van der Waals surface area contributed by atoms with Crippen LogP contribution in [0.5, 0.6) is 5.75 Å². The summed E-state index contributed by atoms with van der Waals surface area (Å²) in [6, 6.07) is 3.95. The van der Waals surface area contributed by atoms with E-state index >= 15 is 0 Å². The van der Waals surface area contributed by atoms with E-state index in [0.717, 1.165) is 12.7 Å². The normalized spacial score (nSPS) is 17.6. The lowest BCUT2D eigenvalue weighted by atomic mass is 10.1. The molecule has 0 saturated carbocycles. The first-order valence-electron chi connectivity index (χ1n) is 6.83. The van der Waals surface area contributed by atoms with Crippen LogP contribution in [0.4, 0.5) is 4.39 Å². The molecule has 1 fully saturated rings. The van der Waals surface area contributed by atoms with Crippen LogP contribution >= 0.6 is 0 Å². The average Bonchev–Trinajstić information content (AvgIpc) is 3.17. The van der Waals surface area contributed by atoms with Crippen molar-refractivity contribution in [2.45, 2.75) is 6.42 Å². The summed E-state index contributed by atoms with van der Waals surface area (Å²) in [5, 5.41) is 8.87. The Morgan fingerprint density at radius 1 is 1.50 bits per heavy atom. The van der Waals surface area contributed by atoms with E-state index in [0.29, 0.717) is 25.6 Å². The van der Waals surface area contributed by atoms with Gasteiger partial charge in [-0.2, -0.15) is 0 Å². The molecule has 0 bridgehead atoms. The molecule has 6 nitrogen and oxygen atoms in total. The quantitative estimate of drug-likeness (QED) is 0.914. The fraction of sp³-hybridized carbons (Fsp3) is 0.333. The summed E-state index contributed by atoms with van der Waals surface area (Å²) in [6.07, 6.45) is 1.93. The first kappa shape index (κ1) is 14.5. The highest BCUT2D eigenvalue weighted by atomic mass is 19.1. The Morgan fingerprint density at radius 3 is 3.05 bits per heavy atom. The molecule has 1 atom stereocenters. The van der Waals surface area contributed by atoms with Crippen LogP contribution in [-0.2, 0) is 4.74 Å². The smallest absolute Gasteiger partial charge is 0.357 e. The van der Waals surface area contributed by atoms with Crippen molar-refractivity contribution < 1.29 is 28.2 Å². The zero-order valence-electron chi connectivity index (χ0n) is 11.6. The van der Waals surface area contributed by atoms with Gasteiger partial charge in [-0.25, -0.2) is 14.2 Å².